The summed E-state index contributed by atoms with van der Waals surface area (Å²) >= 11 is 10.1. The van der Waals surface area contributed by atoms with Crippen LogP contribution in [0.2, 0.25) is 19.1 Å². The first-order valence-electron chi connectivity index (χ1n) is 4.79. The van der Waals surface area contributed by atoms with E-state index >= 15 is 0 Å². The molecule has 0 aliphatic rings. The molecule has 0 spiro atoms. The Kier molecular flexibility index (Phi) is 4.25. The third-order valence-corrected chi connectivity index (χ3v) is 6.37. The van der Waals surface area contributed by atoms with Crippen molar-refractivity contribution >= 4 is 41.6 Å². The highest BCUT2D eigenvalue weighted by atomic mass is 35.5. The third-order valence-electron chi connectivity index (χ3n) is 2.59. The molecule has 0 aromatic carbocycles. The zero-order chi connectivity index (χ0) is 11.5. The molecular weight excluding hydrogens is 246 g/mol. The zero-order valence-electron chi connectivity index (χ0n) is 9.08. The van der Waals surface area contributed by atoms with Gasteiger partial charge in [0.15, 0.2) is 0 Å². The van der Waals surface area contributed by atoms with E-state index in [4.69, 9.17) is 16.3 Å². The van der Waals surface area contributed by atoms with Crippen LogP contribution in [0.25, 0.3) is 0 Å². The van der Waals surface area contributed by atoms with E-state index in [2.05, 4.69) is 37.2 Å². The first-order chi connectivity index (χ1) is 6.95. The SMILES string of the molecule is CC[Si](C)(C)c1ccc(OC(=S)Cl)nc1. The molecule has 0 fully saturated rings. The van der Waals surface area contributed by atoms with Crippen molar-refractivity contribution in [1.29, 1.82) is 0 Å². The molecule has 82 valence electrons. The van der Waals surface area contributed by atoms with Crippen molar-refractivity contribution in [1.82, 2.24) is 4.98 Å². The van der Waals surface area contributed by atoms with Gasteiger partial charge in [-0.3, -0.25) is 0 Å². The summed E-state index contributed by atoms with van der Waals surface area (Å²) in [7, 11) is -1.30. The fraction of sp³-hybridized carbons (Fsp3) is 0.400. The Morgan fingerprint density at radius 1 is 1.53 bits per heavy atom. The Balaban J connectivity index is 2.85. The molecule has 1 rings (SSSR count). The van der Waals surface area contributed by atoms with E-state index in [1.165, 1.54) is 11.2 Å². The molecule has 0 saturated carbocycles. The molecule has 5 heteroatoms. The van der Waals surface area contributed by atoms with Crippen molar-refractivity contribution in [2.75, 3.05) is 0 Å². The minimum atomic E-state index is -1.30. The topological polar surface area (TPSA) is 22.1 Å². The molecule has 15 heavy (non-hydrogen) atoms. The molecule has 0 N–H and O–H groups in total. The lowest BCUT2D eigenvalue weighted by Crippen LogP contribution is -2.40. The van der Waals surface area contributed by atoms with Crippen LogP contribution in [0.4, 0.5) is 0 Å². The number of rotatable bonds is 3. The zero-order valence-corrected chi connectivity index (χ0v) is 11.7. The molecule has 1 aromatic heterocycles. The van der Waals surface area contributed by atoms with E-state index in [0.717, 1.165) is 0 Å². The smallest absolute Gasteiger partial charge is 0.262 e. The largest absolute Gasteiger partial charge is 0.417 e. The highest BCUT2D eigenvalue weighted by Crippen LogP contribution is 2.11. The van der Waals surface area contributed by atoms with Crippen LogP contribution < -0.4 is 9.92 Å². The molecule has 0 atom stereocenters. The van der Waals surface area contributed by atoms with Crippen LogP contribution in [-0.2, 0) is 0 Å². The number of ether oxygens (including phenoxy) is 1. The number of pyridine rings is 1. The van der Waals surface area contributed by atoms with E-state index in [1.54, 1.807) is 0 Å². The Morgan fingerprint density at radius 2 is 2.20 bits per heavy atom. The van der Waals surface area contributed by atoms with Gasteiger partial charge in [0, 0.05) is 12.3 Å². The molecule has 1 aromatic rings. The number of thiocarbonyl (C=S) groups is 1. The summed E-state index contributed by atoms with van der Waals surface area (Å²) in [6.45, 7) is 6.85. The van der Waals surface area contributed by atoms with Crippen molar-refractivity contribution in [3.8, 4) is 5.88 Å². The fourth-order valence-corrected chi connectivity index (χ4v) is 2.65. The summed E-state index contributed by atoms with van der Waals surface area (Å²) in [5, 5.41) is 1.32. The molecular formula is C10H14ClNOSSi. The lowest BCUT2D eigenvalue weighted by molar-refractivity contribution is 0.552. The molecule has 0 radical (unpaired) electrons. The molecule has 0 aliphatic heterocycles. The predicted molar refractivity (Wildman–Crippen MR) is 70.9 cm³/mol. The maximum Gasteiger partial charge on any atom is 0.262 e. The first kappa shape index (κ1) is 12.6. The van der Waals surface area contributed by atoms with Crippen LogP contribution in [0.5, 0.6) is 5.88 Å². The van der Waals surface area contributed by atoms with Gasteiger partial charge in [-0.25, -0.2) is 4.98 Å². The molecule has 0 bridgehead atoms. The van der Waals surface area contributed by atoms with Gasteiger partial charge in [-0.2, -0.15) is 0 Å². The van der Waals surface area contributed by atoms with Crippen LogP contribution >= 0.6 is 23.8 Å². The summed E-state index contributed by atoms with van der Waals surface area (Å²) in [5.41, 5.74) is 0. The molecule has 2 nitrogen and oxygen atoms in total. The molecule has 0 saturated heterocycles. The Bertz CT molecular complexity index is 353. The molecule has 1 heterocycles. The van der Waals surface area contributed by atoms with E-state index in [1.807, 2.05) is 18.3 Å². The highest BCUT2D eigenvalue weighted by molar-refractivity contribution is 7.82. The van der Waals surface area contributed by atoms with Crippen LogP contribution in [-0.4, -0.2) is 17.6 Å². The minimum Gasteiger partial charge on any atom is -0.417 e. The van der Waals surface area contributed by atoms with Crippen molar-refractivity contribution < 1.29 is 4.74 Å². The van der Waals surface area contributed by atoms with Crippen molar-refractivity contribution in [3.05, 3.63) is 18.3 Å². The van der Waals surface area contributed by atoms with Gasteiger partial charge in [0.25, 0.3) is 4.51 Å². The number of hydrogen-bond acceptors (Lipinski definition) is 3. The normalized spacial score (nSPS) is 11.2. The Labute approximate surface area is 102 Å². The highest BCUT2D eigenvalue weighted by Gasteiger charge is 2.20. The van der Waals surface area contributed by atoms with Crippen LogP contribution in [0.3, 0.4) is 0 Å². The first-order valence-corrected chi connectivity index (χ1v) is 8.79. The second-order valence-corrected chi connectivity index (χ2v) is 9.95. The number of halogens is 1. The standard InChI is InChI=1S/C10H14ClNOSSi/c1-4-15(2,3)8-5-6-9(12-7-8)13-10(11)14/h5-7H,4H2,1-3H3. The minimum absolute atomic E-state index is 0.0257. The van der Waals surface area contributed by atoms with Gasteiger partial charge in [0.2, 0.25) is 5.88 Å². The van der Waals surface area contributed by atoms with E-state index < -0.39 is 8.07 Å². The van der Waals surface area contributed by atoms with Crippen LogP contribution in [0, 0.1) is 0 Å². The van der Waals surface area contributed by atoms with E-state index in [9.17, 15) is 0 Å². The lowest BCUT2D eigenvalue weighted by atomic mass is 10.5. The number of aromatic nitrogens is 1. The number of hydrogen-bond donors (Lipinski definition) is 0. The second-order valence-electron chi connectivity index (χ2n) is 3.96. The summed E-state index contributed by atoms with van der Waals surface area (Å²) < 4.78 is 4.99. The third kappa shape index (κ3) is 3.55. The van der Waals surface area contributed by atoms with Gasteiger partial charge < -0.3 is 4.74 Å². The van der Waals surface area contributed by atoms with Crippen molar-refractivity contribution in [3.63, 3.8) is 0 Å². The van der Waals surface area contributed by atoms with Gasteiger partial charge in [0.05, 0.1) is 8.07 Å². The summed E-state index contributed by atoms with van der Waals surface area (Å²) in [6.07, 6.45) is 1.86. The van der Waals surface area contributed by atoms with Gasteiger partial charge in [-0.1, -0.05) is 32.1 Å². The Hall–Kier alpha value is -0.453. The van der Waals surface area contributed by atoms with E-state index in [0.29, 0.717) is 5.88 Å². The molecule has 0 aliphatic carbocycles. The van der Waals surface area contributed by atoms with Crippen molar-refractivity contribution in [2.24, 2.45) is 0 Å². The van der Waals surface area contributed by atoms with Gasteiger partial charge in [-0.05, 0) is 29.0 Å². The van der Waals surface area contributed by atoms with Crippen LogP contribution in [0.1, 0.15) is 6.92 Å². The fourth-order valence-electron chi connectivity index (χ4n) is 1.13. The van der Waals surface area contributed by atoms with Crippen molar-refractivity contribution in [2.45, 2.75) is 26.1 Å². The van der Waals surface area contributed by atoms with Gasteiger partial charge in [-0.15, -0.1) is 0 Å². The maximum atomic E-state index is 5.45. The van der Waals surface area contributed by atoms with E-state index in [-0.39, 0.29) is 4.51 Å². The second kappa shape index (κ2) is 5.05. The summed E-state index contributed by atoms with van der Waals surface area (Å²) in [6, 6.07) is 5.06. The molecule has 0 unspecified atom stereocenters. The Morgan fingerprint density at radius 3 is 2.60 bits per heavy atom. The average molecular weight is 260 g/mol. The summed E-state index contributed by atoms with van der Waals surface area (Å²) in [4.78, 5) is 4.17. The quantitative estimate of drug-likeness (QED) is 0.473. The predicted octanol–water partition coefficient (Wildman–Crippen LogP) is 2.92. The maximum absolute atomic E-state index is 5.45. The average Bonchev–Trinajstić information content (AvgIpc) is 2.18. The number of nitrogens with zero attached hydrogens (tertiary/aromatic N) is 1. The van der Waals surface area contributed by atoms with Crippen LogP contribution in [0.15, 0.2) is 18.3 Å². The molecule has 0 amide bonds. The monoisotopic (exact) mass is 259 g/mol. The van der Waals surface area contributed by atoms with Gasteiger partial charge in [0.1, 0.15) is 0 Å². The summed E-state index contributed by atoms with van der Waals surface area (Å²) in [5.74, 6) is 0.458. The lowest BCUT2D eigenvalue weighted by Gasteiger charge is -2.20. The van der Waals surface area contributed by atoms with Gasteiger partial charge >= 0.3 is 0 Å².